The van der Waals surface area contributed by atoms with Gasteiger partial charge in [-0.05, 0) is 6.42 Å². The van der Waals surface area contributed by atoms with Crippen molar-refractivity contribution in [3.63, 3.8) is 0 Å². The first kappa shape index (κ1) is 8.92. The van der Waals surface area contributed by atoms with Gasteiger partial charge < -0.3 is 4.74 Å². The van der Waals surface area contributed by atoms with Crippen LogP contribution >= 0.6 is 0 Å². The van der Waals surface area contributed by atoms with Gasteiger partial charge in [-0.2, -0.15) is 5.26 Å². The normalized spacial score (nSPS) is 12.0. The third-order valence-electron chi connectivity index (χ3n) is 0.820. The van der Waals surface area contributed by atoms with Crippen molar-refractivity contribution in [3.8, 4) is 6.07 Å². The Bertz CT molecular complexity index is 150. The first-order chi connectivity index (χ1) is 4.72. The van der Waals surface area contributed by atoms with E-state index in [9.17, 15) is 9.90 Å². The Morgan fingerprint density at radius 2 is 2.40 bits per heavy atom. The summed E-state index contributed by atoms with van der Waals surface area (Å²) < 4.78 is 4.58. The second-order valence-electron chi connectivity index (χ2n) is 1.70. The Hall–Kier alpha value is -1.08. The van der Waals surface area contributed by atoms with Crippen LogP contribution in [0.15, 0.2) is 0 Å². The standard InChI is InChI=1S/C6H8NO3/c1-2-3-10-5(4-7)6(8)9/h5H,2-3H2,1H3. The summed E-state index contributed by atoms with van der Waals surface area (Å²) in [6.45, 7) is 2.09. The lowest BCUT2D eigenvalue weighted by Crippen LogP contribution is -2.20. The summed E-state index contributed by atoms with van der Waals surface area (Å²) in [6.07, 6.45) is -0.731. The van der Waals surface area contributed by atoms with Crippen molar-refractivity contribution in [2.75, 3.05) is 6.61 Å². The molecule has 0 saturated carbocycles. The van der Waals surface area contributed by atoms with Crippen molar-refractivity contribution < 1.29 is 14.6 Å². The molecule has 4 nitrogen and oxygen atoms in total. The van der Waals surface area contributed by atoms with Gasteiger partial charge in [0.25, 0.3) is 0 Å². The van der Waals surface area contributed by atoms with Crippen molar-refractivity contribution >= 4 is 5.97 Å². The summed E-state index contributed by atoms with van der Waals surface area (Å²) in [6, 6.07) is 1.45. The predicted molar refractivity (Wildman–Crippen MR) is 31.3 cm³/mol. The zero-order valence-electron chi connectivity index (χ0n) is 5.66. The van der Waals surface area contributed by atoms with Gasteiger partial charge in [-0.15, -0.1) is 0 Å². The quantitative estimate of drug-likeness (QED) is 0.565. The Morgan fingerprint density at radius 1 is 1.80 bits per heavy atom. The second-order valence-corrected chi connectivity index (χ2v) is 1.70. The molecule has 1 atom stereocenters. The largest absolute Gasteiger partial charge is 0.398 e. The van der Waals surface area contributed by atoms with E-state index in [2.05, 4.69) is 4.74 Å². The maximum Gasteiger partial charge on any atom is 0.398 e. The molecule has 0 rings (SSSR count). The van der Waals surface area contributed by atoms with E-state index in [-0.39, 0.29) is 6.61 Å². The van der Waals surface area contributed by atoms with E-state index in [0.29, 0.717) is 6.42 Å². The van der Waals surface area contributed by atoms with Crippen molar-refractivity contribution in [2.24, 2.45) is 0 Å². The third kappa shape index (κ3) is 3.05. The van der Waals surface area contributed by atoms with E-state index < -0.39 is 12.1 Å². The van der Waals surface area contributed by atoms with Crippen LogP contribution in [0.2, 0.25) is 0 Å². The SMILES string of the molecule is CCCOC(C#N)C([O])=O. The number of carbonyl (C=O) groups is 1. The van der Waals surface area contributed by atoms with Crippen LogP contribution in [0.5, 0.6) is 0 Å². The van der Waals surface area contributed by atoms with Crippen LogP contribution in [0.1, 0.15) is 13.3 Å². The average molecular weight is 142 g/mol. The minimum atomic E-state index is -1.48. The first-order valence-corrected chi connectivity index (χ1v) is 2.94. The van der Waals surface area contributed by atoms with E-state index in [1.807, 2.05) is 6.92 Å². The van der Waals surface area contributed by atoms with Crippen LogP contribution in [0.25, 0.3) is 0 Å². The van der Waals surface area contributed by atoms with Gasteiger partial charge in [-0.1, -0.05) is 6.92 Å². The van der Waals surface area contributed by atoms with E-state index in [1.54, 1.807) is 0 Å². The zero-order valence-corrected chi connectivity index (χ0v) is 5.66. The highest BCUT2D eigenvalue weighted by atomic mass is 16.5. The van der Waals surface area contributed by atoms with E-state index in [4.69, 9.17) is 5.26 Å². The summed E-state index contributed by atoms with van der Waals surface area (Å²) in [5.41, 5.74) is 0. The highest BCUT2D eigenvalue weighted by Crippen LogP contribution is 1.91. The van der Waals surface area contributed by atoms with Crippen molar-refractivity contribution in [3.05, 3.63) is 0 Å². The lowest BCUT2D eigenvalue weighted by Gasteiger charge is -2.00. The van der Waals surface area contributed by atoms with Crippen LogP contribution in [-0.4, -0.2) is 18.7 Å². The topological polar surface area (TPSA) is 70.0 Å². The molecular weight excluding hydrogens is 134 g/mol. The van der Waals surface area contributed by atoms with Gasteiger partial charge in [0.05, 0.1) is 0 Å². The predicted octanol–water partition coefficient (Wildman–Crippen LogP) is 0.262. The summed E-state index contributed by atoms with van der Waals surface area (Å²) in [4.78, 5) is 9.98. The molecule has 0 fully saturated rings. The molecule has 0 aliphatic rings. The molecule has 4 heteroatoms. The van der Waals surface area contributed by atoms with Crippen LogP contribution in [-0.2, 0) is 14.6 Å². The molecule has 0 heterocycles. The Labute approximate surface area is 59.0 Å². The summed E-state index contributed by atoms with van der Waals surface area (Å²) in [5, 5.41) is 18.1. The summed E-state index contributed by atoms with van der Waals surface area (Å²) in [7, 11) is 0. The molecular formula is C6H8NO3. The van der Waals surface area contributed by atoms with Gasteiger partial charge in [0.1, 0.15) is 6.07 Å². The highest BCUT2D eigenvalue weighted by Gasteiger charge is 2.17. The molecule has 0 aliphatic carbocycles. The molecule has 0 aromatic rings. The number of hydrogen-bond acceptors (Lipinski definition) is 3. The molecule has 0 saturated heterocycles. The average Bonchev–Trinajstić information content (AvgIpc) is 1.89. The minimum absolute atomic E-state index is 0.270. The highest BCUT2D eigenvalue weighted by molar-refractivity contribution is 5.74. The molecule has 0 N–H and O–H groups in total. The maximum absolute atomic E-state index is 9.98. The lowest BCUT2D eigenvalue weighted by atomic mass is 10.4. The number of nitriles is 1. The van der Waals surface area contributed by atoms with Crippen molar-refractivity contribution in [1.29, 1.82) is 5.26 Å². The van der Waals surface area contributed by atoms with Gasteiger partial charge in [-0.25, -0.2) is 9.90 Å². The molecule has 0 amide bonds. The van der Waals surface area contributed by atoms with E-state index in [1.165, 1.54) is 6.07 Å². The van der Waals surface area contributed by atoms with Crippen LogP contribution in [0.3, 0.4) is 0 Å². The number of rotatable bonds is 4. The van der Waals surface area contributed by atoms with E-state index >= 15 is 0 Å². The third-order valence-corrected chi connectivity index (χ3v) is 0.820. The summed E-state index contributed by atoms with van der Waals surface area (Å²) in [5.74, 6) is -1.48. The van der Waals surface area contributed by atoms with Gasteiger partial charge in [-0.3, -0.25) is 0 Å². The Morgan fingerprint density at radius 3 is 2.70 bits per heavy atom. The van der Waals surface area contributed by atoms with Crippen LogP contribution < -0.4 is 0 Å². The zero-order chi connectivity index (χ0) is 7.98. The van der Waals surface area contributed by atoms with Crippen molar-refractivity contribution in [2.45, 2.75) is 19.4 Å². The van der Waals surface area contributed by atoms with Gasteiger partial charge >= 0.3 is 5.97 Å². The lowest BCUT2D eigenvalue weighted by molar-refractivity contribution is -0.153. The van der Waals surface area contributed by atoms with Gasteiger partial charge in [0, 0.05) is 6.61 Å². The second kappa shape index (κ2) is 4.77. The number of hydrogen-bond donors (Lipinski definition) is 0. The molecule has 1 radical (unpaired) electrons. The molecule has 55 valence electrons. The fourth-order valence-corrected chi connectivity index (χ4v) is 0.394. The summed E-state index contributed by atoms with van der Waals surface area (Å²) >= 11 is 0. The fourth-order valence-electron chi connectivity index (χ4n) is 0.394. The van der Waals surface area contributed by atoms with E-state index in [0.717, 1.165) is 0 Å². The maximum atomic E-state index is 9.98. The van der Waals surface area contributed by atoms with Gasteiger partial charge in [0.15, 0.2) is 0 Å². The Kier molecular flexibility index (Phi) is 4.25. The molecule has 0 bridgehead atoms. The first-order valence-electron chi connectivity index (χ1n) is 2.94. The monoisotopic (exact) mass is 142 g/mol. The molecule has 10 heavy (non-hydrogen) atoms. The molecule has 0 spiro atoms. The van der Waals surface area contributed by atoms with Gasteiger partial charge in [0.2, 0.25) is 6.10 Å². The number of ether oxygens (including phenoxy) is 1. The van der Waals surface area contributed by atoms with Crippen molar-refractivity contribution in [1.82, 2.24) is 0 Å². The minimum Gasteiger partial charge on any atom is -0.353 e. The fraction of sp³-hybridized carbons (Fsp3) is 0.667. The molecule has 1 unspecified atom stereocenters. The van der Waals surface area contributed by atoms with Crippen LogP contribution in [0, 0.1) is 11.3 Å². The smallest absolute Gasteiger partial charge is 0.353 e. The molecule has 0 aliphatic heterocycles. The van der Waals surface area contributed by atoms with Crippen LogP contribution in [0.4, 0.5) is 0 Å². The number of nitrogens with zero attached hydrogens (tertiary/aromatic N) is 1. The molecule has 0 aromatic carbocycles. The molecule has 0 aromatic heterocycles. The number of carbonyl (C=O) groups excluding carboxylic acids is 1. The Balaban J connectivity index is 3.64.